The first kappa shape index (κ1) is 34.4. The molecule has 0 aromatic rings. The molecular weight excluding hydrogens is 550 g/mol. The highest BCUT2D eigenvalue weighted by Gasteiger charge is 2.73. The predicted molar refractivity (Wildman–Crippen MR) is 176 cm³/mol. The van der Waals surface area contributed by atoms with E-state index in [2.05, 4.69) is 82.2 Å². The van der Waals surface area contributed by atoms with Crippen molar-refractivity contribution in [3.05, 3.63) is 11.6 Å². The Morgan fingerprint density at radius 2 is 1.77 bits per heavy atom. The van der Waals surface area contributed by atoms with Gasteiger partial charge in [0.15, 0.2) is 0 Å². The molecule has 6 heteroatoms. The largest absolute Gasteiger partial charge is 0.481 e. The summed E-state index contributed by atoms with van der Waals surface area (Å²) in [5.74, 6) is 0.550. The van der Waals surface area contributed by atoms with E-state index >= 15 is 0 Å². The summed E-state index contributed by atoms with van der Waals surface area (Å²) < 4.78 is 19.9. The molecule has 2 bridgehead atoms. The monoisotopic (exact) mass is 615 g/mol. The highest BCUT2D eigenvalue weighted by atomic mass is 16.5. The number of ether oxygens (including phenoxy) is 3. The molecule has 6 nitrogen and oxygen atoms in total. The van der Waals surface area contributed by atoms with Crippen LogP contribution in [0.2, 0.25) is 0 Å². The molecule has 252 valence electrons. The Hall–Kier alpha value is -0.950. The van der Waals surface area contributed by atoms with E-state index in [-0.39, 0.29) is 62.8 Å². The minimum absolute atomic E-state index is 0.0383. The van der Waals surface area contributed by atoms with Crippen molar-refractivity contribution in [3.63, 3.8) is 0 Å². The van der Waals surface area contributed by atoms with Crippen LogP contribution < -0.4 is 5.73 Å². The van der Waals surface area contributed by atoms with E-state index in [4.69, 9.17) is 19.9 Å². The molecule has 1 heterocycles. The Morgan fingerprint density at radius 1 is 1.11 bits per heavy atom. The fourth-order valence-corrected chi connectivity index (χ4v) is 11.9. The van der Waals surface area contributed by atoms with E-state index in [0.29, 0.717) is 36.9 Å². The number of allylic oxidation sites excluding steroid dienone is 1. The number of rotatable bonds is 7. The fraction of sp³-hybridized carbons (Fsp3) is 0.921. The standard InChI is InChI=1S/C38H65NO5/c1-22(2)23(3)34(8)17-18-36(10)25-13-14-28-35(9)21-44-24(4)38(28,26(25)15-16-37(36,11)30(34)32(40)41)19-27(42-12)31(35)43-20-29(39)33(5,6)7/h15,22-25,27-31H,13-14,16-21,39H2,1-12H3,(H,40,41)/t23-,24+,25+,27-,28+,29+,30-,31+,34-,35-,36-,37+,38+/m1/s1. The van der Waals surface area contributed by atoms with Gasteiger partial charge in [-0.05, 0) is 90.8 Å². The quantitative estimate of drug-likeness (QED) is 0.285. The van der Waals surface area contributed by atoms with Gasteiger partial charge in [-0.2, -0.15) is 0 Å². The van der Waals surface area contributed by atoms with Gasteiger partial charge in [-0.3, -0.25) is 4.79 Å². The van der Waals surface area contributed by atoms with Gasteiger partial charge < -0.3 is 25.1 Å². The van der Waals surface area contributed by atoms with Gasteiger partial charge in [-0.1, -0.05) is 80.9 Å². The maximum Gasteiger partial charge on any atom is 0.307 e. The average molecular weight is 616 g/mol. The molecule has 3 N–H and O–H groups in total. The van der Waals surface area contributed by atoms with Crippen LogP contribution >= 0.6 is 0 Å². The summed E-state index contributed by atoms with van der Waals surface area (Å²) in [7, 11) is 1.84. The maximum absolute atomic E-state index is 13.4. The maximum atomic E-state index is 13.4. The van der Waals surface area contributed by atoms with Gasteiger partial charge in [0.2, 0.25) is 0 Å². The van der Waals surface area contributed by atoms with Crippen LogP contribution in [0.3, 0.4) is 0 Å². The molecule has 4 aliphatic carbocycles. The summed E-state index contributed by atoms with van der Waals surface area (Å²) in [5, 5.41) is 11.0. The van der Waals surface area contributed by atoms with Crippen molar-refractivity contribution >= 4 is 5.97 Å². The molecule has 4 fully saturated rings. The van der Waals surface area contributed by atoms with Crippen molar-refractivity contribution < 1.29 is 24.1 Å². The lowest BCUT2D eigenvalue weighted by atomic mass is 9.34. The second-order valence-corrected chi connectivity index (χ2v) is 18.4. The van der Waals surface area contributed by atoms with E-state index in [1.54, 1.807) is 5.57 Å². The molecule has 0 radical (unpaired) electrons. The second kappa shape index (κ2) is 11.1. The van der Waals surface area contributed by atoms with E-state index in [9.17, 15) is 9.90 Å². The van der Waals surface area contributed by atoms with Crippen molar-refractivity contribution in [3.8, 4) is 0 Å². The molecule has 5 rings (SSSR count). The molecule has 1 aliphatic heterocycles. The molecule has 0 unspecified atom stereocenters. The molecule has 1 saturated heterocycles. The van der Waals surface area contributed by atoms with Crippen LogP contribution in [-0.4, -0.2) is 55.8 Å². The molecule has 0 aromatic heterocycles. The van der Waals surface area contributed by atoms with Gasteiger partial charge in [0.25, 0.3) is 0 Å². The van der Waals surface area contributed by atoms with Crippen molar-refractivity contribution in [2.45, 2.75) is 139 Å². The smallest absolute Gasteiger partial charge is 0.307 e. The zero-order chi connectivity index (χ0) is 32.8. The first-order chi connectivity index (χ1) is 20.3. The van der Waals surface area contributed by atoms with Gasteiger partial charge in [0.05, 0.1) is 37.4 Å². The Bertz CT molecular complexity index is 1140. The number of fused-ring (bicyclic) bond motifs is 3. The van der Waals surface area contributed by atoms with E-state index in [1.165, 1.54) is 0 Å². The second-order valence-electron chi connectivity index (χ2n) is 18.4. The molecule has 3 saturated carbocycles. The fourth-order valence-electron chi connectivity index (χ4n) is 11.9. The SMILES string of the molecule is CO[C@@H]1C[C@]23C4=CC[C@@]5(C)[C@H](C(=O)O)[C@@](C)([C@H](C)C(C)C)CC[C@]5(C)[C@H]4CC[C@H]2[C@@](C)(CO[C@H]3C)[C@H]1OC[C@H](N)C(C)(C)C. The van der Waals surface area contributed by atoms with Crippen LogP contribution in [0, 0.1) is 62.1 Å². The number of methoxy groups -OCH3 is 1. The van der Waals surface area contributed by atoms with Crippen LogP contribution in [-0.2, 0) is 19.0 Å². The van der Waals surface area contributed by atoms with Crippen molar-refractivity contribution in [1.29, 1.82) is 0 Å². The molecule has 0 amide bonds. The van der Waals surface area contributed by atoms with Crippen LogP contribution in [0.4, 0.5) is 0 Å². The lowest BCUT2D eigenvalue weighted by Gasteiger charge is -2.72. The number of carboxylic acids is 1. The predicted octanol–water partition coefficient (Wildman–Crippen LogP) is 7.74. The summed E-state index contributed by atoms with van der Waals surface area (Å²) in [6.45, 7) is 26.2. The number of nitrogens with two attached hydrogens (primary N) is 1. The highest BCUT2D eigenvalue weighted by molar-refractivity contribution is 5.73. The zero-order valence-corrected chi connectivity index (χ0v) is 30.1. The summed E-state index contributed by atoms with van der Waals surface area (Å²) in [4.78, 5) is 13.4. The van der Waals surface area contributed by atoms with Gasteiger partial charge in [-0.25, -0.2) is 0 Å². The first-order valence-corrected chi connectivity index (χ1v) is 17.7. The van der Waals surface area contributed by atoms with Crippen molar-refractivity contribution in [1.82, 2.24) is 0 Å². The van der Waals surface area contributed by atoms with Gasteiger partial charge in [-0.15, -0.1) is 0 Å². The topological polar surface area (TPSA) is 91.0 Å². The van der Waals surface area contributed by atoms with Crippen molar-refractivity contribution in [2.24, 2.45) is 67.8 Å². The van der Waals surface area contributed by atoms with E-state index in [0.717, 1.165) is 38.5 Å². The lowest BCUT2D eigenvalue weighted by Crippen LogP contribution is -2.72. The summed E-state index contributed by atoms with van der Waals surface area (Å²) in [6, 6.07) is -0.0641. The Morgan fingerprint density at radius 3 is 2.34 bits per heavy atom. The summed E-state index contributed by atoms with van der Waals surface area (Å²) in [6.07, 6.45) is 8.38. The van der Waals surface area contributed by atoms with Crippen molar-refractivity contribution in [2.75, 3.05) is 20.3 Å². The molecule has 13 atom stereocenters. The van der Waals surface area contributed by atoms with Crippen LogP contribution in [0.25, 0.3) is 0 Å². The Balaban J connectivity index is 1.57. The summed E-state index contributed by atoms with van der Waals surface area (Å²) >= 11 is 0. The average Bonchev–Trinajstić information content (AvgIpc) is 2.93. The molecule has 44 heavy (non-hydrogen) atoms. The third-order valence-corrected chi connectivity index (χ3v) is 15.4. The Kier molecular flexibility index (Phi) is 8.64. The highest BCUT2D eigenvalue weighted by Crippen LogP contribution is 2.75. The van der Waals surface area contributed by atoms with E-state index < -0.39 is 5.97 Å². The number of carbonyl (C=O) groups is 1. The molecule has 5 aliphatic rings. The Labute approximate surface area is 268 Å². The van der Waals surface area contributed by atoms with Crippen LogP contribution in [0.15, 0.2) is 11.6 Å². The lowest BCUT2D eigenvalue weighted by molar-refractivity contribution is -0.287. The molecule has 0 spiro atoms. The van der Waals surface area contributed by atoms with Gasteiger partial charge in [0, 0.05) is 24.0 Å². The third kappa shape index (κ3) is 4.57. The zero-order valence-electron chi connectivity index (χ0n) is 30.1. The normalized spacial score (nSPS) is 48.5. The minimum Gasteiger partial charge on any atom is -0.481 e. The number of hydrogen-bond acceptors (Lipinski definition) is 5. The molecular formula is C38H65NO5. The van der Waals surface area contributed by atoms with Gasteiger partial charge in [0.1, 0.15) is 0 Å². The van der Waals surface area contributed by atoms with Crippen LogP contribution in [0.5, 0.6) is 0 Å². The van der Waals surface area contributed by atoms with E-state index in [1.807, 2.05) is 7.11 Å². The van der Waals surface area contributed by atoms with Crippen LogP contribution in [0.1, 0.15) is 115 Å². The third-order valence-electron chi connectivity index (χ3n) is 15.4. The first-order valence-electron chi connectivity index (χ1n) is 17.7. The number of aliphatic carboxylic acids is 1. The summed E-state index contributed by atoms with van der Waals surface area (Å²) in [5.41, 5.74) is 7.11. The van der Waals surface area contributed by atoms with Gasteiger partial charge >= 0.3 is 5.97 Å². The number of carboxylic acid groups (broad SMARTS) is 1. The number of hydrogen-bond donors (Lipinski definition) is 2. The minimum atomic E-state index is -0.607. The molecule has 0 aromatic carbocycles.